The molecule has 0 aliphatic carbocycles. The molecule has 9 heteroatoms. The number of hydrogen-bond acceptors (Lipinski definition) is 5. The van der Waals surface area contributed by atoms with Gasteiger partial charge in [-0.3, -0.25) is 4.72 Å². The third kappa shape index (κ3) is 3.09. The van der Waals surface area contributed by atoms with Crippen molar-refractivity contribution in [1.82, 2.24) is 9.97 Å². The van der Waals surface area contributed by atoms with Crippen molar-refractivity contribution in [3.05, 3.63) is 41.6 Å². The van der Waals surface area contributed by atoms with E-state index in [0.29, 0.717) is 0 Å². The molecule has 0 radical (unpaired) electrons. The Hall–Kier alpha value is -1.93. The number of nitrogen functional groups attached to an aromatic ring is 1. The van der Waals surface area contributed by atoms with E-state index in [1.165, 1.54) is 6.07 Å². The van der Waals surface area contributed by atoms with Crippen molar-refractivity contribution >= 4 is 33.1 Å². The molecule has 3 N–H and O–H groups in total. The Morgan fingerprint density at radius 2 is 2.00 bits per heavy atom. The first-order valence-electron chi connectivity index (χ1n) is 4.94. The van der Waals surface area contributed by atoms with Crippen LogP contribution in [0.4, 0.5) is 15.9 Å². The SMILES string of the molecule is Nc1ccc(F)cc1S(=O)(=O)Nc1cc(Cl)ncn1. The lowest BCUT2D eigenvalue weighted by molar-refractivity contribution is 0.596. The molecule has 0 spiro atoms. The highest BCUT2D eigenvalue weighted by molar-refractivity contribution is 7.92. The molecule has 6 nitrogen and oxygen atoms in total. The molecule has 0 fully saturated rings. The van der Waals surface area contributed by atoms with Crippen LogP contribution in [-0.4, -0.2) is 18.4 Å². The zero-order valence-electron chi connectivity index (χ0n) is 9.34. The monoisotopic (exact) mass is 302 g/mol. The Bertz CT molecular complexity index is 723. The van der Waals surface area contributed by atoms with E-state index in [1.807, 2.05) is 0 Å². The number of nitrogens with zero attached hydrogens (tertiary/aromatic N) is 2. The predicted molar refractivity (Wildman–Crippen MR) is 68.7 cm³/mol. The van der Waals surface area contributed by atoms with Crippen molar-refractivity contribution in [2.45, 2.75) is 4.90 Å². The lowest BCUT2D eigenvalue weighted by Gasteiger charge is -2.09. The number of aromatic nitrogens is 2. The maximum absolute atomic E-state index is 13.1. The van der Waals surface area contributed by atoms with Crippen molar-refractivity contribution in [1.29, 1.82) is 0 Å². The van der Waals surface area contributed by atoms with Gasteiger partial charge < -0.3 is 5.73 Å². The second kappa shape index (κ2) is 4.98. The molecule has 1 aromatic heterocycles. The fourth-order valence-electron chi connectivity index (χ4n) is 1.32. The number of halogens is 2. The average Bonchev–Trinajstić information content (AvgIpc) is 2.31. The Balaban J connectivity index is 2.40. The molecule has 0 atom stereocenters. The van der Waals surface area contributed by atoms with Gasteiger partial charge in [0.1, 0.15) is 28.0 Å². The summed E-state index contributed by atoms with van der Waals surface area (Å²) in [7, 11) is -4.05. The van der Waals surface area contributed by atoms with Gasteiger partial charge in [0, 0.05) is 6.07 Å². The van der Waals surface area contributed by atoms with Gasteiger partial charge in [-0.2, -0.15) is 0 Å². The predicted octanol–water partition coefficient (Wildman–Crippen LogP) is 1.65. The van der Waals surface area contributed by atoms with Crippen molar-refractivity contribution in [2.24, 2.45) is 0 Å². The summed E-state index contributed by atoms with van der Waals surface area (Å²) < 4.78 is 39.3. The molecule has 0 bridgehead atoms. The molecule has 1 aromatic carbocycles. The highest BCUT2D eigenvalue weighted by Gasteiger charge is 2.19. The maximum atomic E-state index is 13.1. The molecule has 0 saturated heterocycles. The first kappa shape index (κ1) is 13.5. The molecule has 100 valence electrons. The molecule has 19 heavy (non-hydrogen) atoms. The van der Waals surface area contributed by atoms with Crippen LogP contribution in [0, 0.1) is 5.82 Å². The minimum atomic E-state index is -4.05. The summed E-state index contributed by atoms with van der Waals surface area (Å²) >= 11 is 5.61. The molecule has 0 aliphatic heterocycles. The first-order valence-corrected chi connectivity index (χ1v) is 6.80. The zero-order chi connectivity index (χ0) is 14.0. The van der Waals surface area contributed by atoms with Crippen LogP contribution in [0.5, 0.6) is 0 Å². The number of rotatable bonds is 3. The van der Waals surface area contributed by atoms with Crippen LogP contribution in [0.1, 0.15) is 0 Å². The van der Waals surface area contributed by atoms with E-state index in [0.717, 1.165) is 24.5 Å². The molecule has 0 aliphatic rings. The standard InChI is InChI=1S/C10H8ClFN4O2S/c11-9-4-10(15-5-14-9)16-19(17,18)8-3-6(12)1-2-7(8)13/h1-5H,13H2,(H,14,15,16). The van der Waals surface area contributed by atoms with E-state index in [9.17, 15) is 12.8 Å². The van der Waals surface area contributed by atoms with Crippen molar-refractivity contribution in [3.63, 3.8) is 0 Å². The van der Waals surface area contributed by atoms with Gasteiger partial charge >= 0.3 is 0 Å². The summed E-state index contributed by atoms with van der Waals surface area (Å²) in [6, 6.07) is 4.27. The lowest BCUT2D eigenvalue weighted by atomic mass is 10.3. The molecular weight excluding hydrogens is 295 g/mol. The van der Waals surface area contributed by atoms with E-state index in [2.05, 4.69) is 14.7 Å². The number of nitrogens with two attached hydrogens (primary N) is 1. The van der Waals surface area contributed by atoms with Crippen LogP contribution in [0.15, 0.2) is 35.5 Å². The Morgan fingerprint density at radius 3 is 2.68 bits per heavy atom. The Morgan fingerprint density at radius 1 is 1.26 bits per heavy atom. The van der Waals surface area contributed by atoms with E-state index < -0.39 is 15.8 Å². The Labute approximate surface area is 113 Å². The number of sulfonamides is 1. The van der Waals surface area contributed by atoms with Crippen molar-refractivity contribution in [3.8, 4) is 0 Å². The van der Waals surface area contributed by atoms with Crippen LogP contribution in [0.2, 0.25) is 5.15 Å². The minimum absolute atomic E-state index is 0.0383. The van der Waals surface area contributed by atoms with Gasteiger partial charge in [-0.05, 0) is 18.2 Å². The van der Waals surface area contributed by atoms with E-state index in [4.69, 9.17) is 17.3 Å². The Kier molecular flexibility index (Phi) is 3.54. The number of anilines is 2. The first-order chi connectivity index (χ1) is 8.88. The normalized spacial score (nSPS) is 11.3. The lowest BCUT2D eigenvalue weighted by Crippen LogP contribution is -2.16. The zero-order valence-corrected chi connectivity index (χ0v) is 10.9. The molecular formula is C10H8ClFN4O2S. The van der Waals surface area contributed by atoms with Crippen LogP contribution >= 0.6 is 11.6 Å². The third-order valence-corrected chi connectivity index (χ3v) is 3.75. The van der Waals surface area contributed by atoms with Crippen LogP contribution in [0.3, 0.4) is 0 Å². The van der Waals surface area contributed by atoms with Gasteiger partial charge in [-0.15, -0.1) is 0 Å². The largest absolute Gasteiger partial charge is 0.398 e. The van der Waals surface area contributed by atoms with Crippen molar-refractivity contribution < 1.29 is 12.8 Å². The summed E-state index contributed by atoms with van der Waals surface area (Å²) in [5, 5.41) is 0.0694. The maximum Gasteiger partial charge on any atom is 0.265 e. The summed E-state index contributed by atoms with van der Waals surface area (Å²) in [4.78, 5) is 6.92. The van der Waals surface area contributed by atoms with E-state index in [-0.39, 0.29) is 21.6 Å². The number of hydrogen-bond donors (Lipinski definition) is 2. The molecule has 1 heterocycles. The summed E-state index contributed by atoms with van der Waals surface area (Å²) in [5.74, 6) is -0.751. The molecule has 0 unspecified atom stereocenters. The number of benzene rings is 1. The highest BCUT2D eigenvalue weighted by atomic mass is 35.5. The molecule has 0 saturated carbocycles. The fourth-order valence-corrected chi connectivity index (χ4v) is 2.61. The summed E-state index contributed by atoms with van der Waals surface area (Å²) in [6.07, 6.45) is 1.09. The second-order valence-corrected chi connectivity index (χ2v) is 5.55. The molecule has 2 aromatic rings. The average molecular weight is 303 g/mol. The van der Waals surface area contributed by atoms with Crippen LogP contribution in [0.25, 0.3) is 0 Å². The van der Waals surface area contributed by atoms with E-state index in [1.54, 1.807) is 0 Å². The molecule has 0 amide bonds. The molecule has 2 rings (SSSR count). The van der Waals surface area contributed by atoms with Gasteiger partial charge in [0.25, 0.3) is 10.0 Å². The van der Waals surface area contributed by atoms with Gasteiger partial charge in [-0.25, -0.2) is 22.8 Å². The van der Waals surface area contributed by atoms with Gasteiger partial charge in [0.15, 0.2) is 0 Å². The topological polar surface area (TPSA) is 98.0 Å². The second-order valence-electron chi connectivity index (χ2n) is 3.51. The quantitative estimate of drug-likeness (QED) is 0.663. The van der Waals surface area contributed by atoms with Gasteiger partial charge in [0.2, 0.25) is 0 Å². The van der Waals surface area contributed by atoms with Crippen molar-refractivity contribution in [2.75, 3.05) is 10.5 Å². The third-order valence-electron chi connectivity index (χ3n) is 2.14. The van der Waals surface area contributed by atoms with Crippen LogP contribution in [-0.2, 0) is 10.0 Å². The summed E-state index contributed by atoms with van der Waals surface area (Å²) in [5.41, 5.74) is 5.44. The highest BCUT2D eigenvalue weighted by Crippen LogP contribution is 2.22. The number of nitrogens with one attached hydrogen (secondary N) is 1. The minimum Gasteiger partial charge on any atom is -0.398 e. The summed E-state index contributed by atoms with van der Waals surface area (Å²) in [6.45, 7) is 0. The smallest absolute Gasteiger partial charge is 0.265 e. The van der Waals surface area contributed by atoms with Gasteiger partial charge in [0.05, 0.1) is 5.69 Å². The van der Waals surface area contributed by atoms with Crippen LogP contribution < -0.4 is 10.5 Å². The van der Waals surface area contributed by atoms with E-state index >= 15 is 0 Å². The fraction of sp³-hybridized carbons (Fsp3) is 0. The van der Waals surface area contributed by atoms with Gasteiger partial charge in [-0.1, -0.05) is 11.6 Å².